The van der Waals surface area contributed by atoms with E-state index in [-0.39, 0.29) is 22.6 Å². The second-order valence-electron chi connectivity index (χ2n) is 3.06. The second kappa shape index (κ2) is 6.16. The zero-order valence-corrected chi connectivity index (χ0v) is 11.9. The lowest BCUT2D eigenvalue weighted by Gasteiger charge is -2.14. The van der Waals surface area contributed by atoms with Gasteiger partial charge in [0.25, 0.3) is 0 Å². The van der Waals surface area contributed by atoms with E-state index in [2.05, 4.69) is 37.2 Å². The minimum Gasteiger partial charge on any atom is -0.394 e. The first-order chi connectivity index (χ1) is 7.47. The molecule has 1 aromatic carbocycles. The molecule has 0 aromatic heterocycles. The molecule has 1 aromatic rings. The summed E-state index contributed by atoms with van der Waals surface area (Å²) in [4.78, 5) is 0. The Labute approximate surface area is 114 Å². The van der Waals surface area contributed by atoms with E-state index in [9.17, 15) is 4.39 Å². The van der Waals surface area contributed by atoms with Crippen molar-refractivity contribution in [2.45, 2.75) is 6.10 Å². The molecule has 0 aliphatic rings. The summed E-state index contributed by atoms with van der Waals surface area (Å²) in [5, 5.41) is 20.5. The van der Waals surface area contributed by atoms with Gasteiger partial charge >= 0.3 is 0 Å². The molecular weight excluding hydrogens is 368 g/mol. The van der Waals surface area contributed by atoms with Gasteiger partial charge < -0.3 is 15.5 Å². The van der Waals surface area contributed by atoms with Gasteiger partial charge in [-0.15, -0.1) is 0 Å². The summed E-state index contributed by atoms with van der Waals surface area (Å²) in [6.07, 6.45) is -0.922. The third-order valence-corrected chi connectivity index (χ3v) is 3.40. The van der Waals surface area contributed by atoms with E-state index >= 15 is 0 Å². The van der Waals surface area contributed by atoms with Crippen molar-refractivity contribution in [1.82, 2.24) is 0 Å². The smallest absolute Gasteiger partial charge is 0.158 e. The number of nitrogens with one attached hydrogen (secondary N) is 1. The first kappa shape index (κ1) is 14.2. The molecule has 0 amide bonds. The highest BCUT2D eigenvalue weighted by Crippen LogP contribution is 2.37. The molecule has 0 radical (unpaired) electrons. The number of aliphatic hydroxyl groups is 2. The van der Waals surface area contributed by atoms with E-state index < -0.39 is 11.9 Å². The molecule has 0 fully saturated rings. The van der Waals surface area contributed by atoms with Gasteiger partial charge in [-0.2, -0.15) is 0 Å². The highest BCUT2D eigenvalue weighted by atomic mass is 79.9. The van der Waals surface area contributed by atoms with Crippen molar-refractivity contribution in [1.29, 1.82) is 0 Å². The molecule has 1 rings (SSSR count). The molecule has 1 atom stereocenters. The Balaban J connectivity index is 2.92. The molecule has 7 heteroatoms. The van der Waals surface area contributed by atoms with Gasteiger partial charge in [0, 0.05) is 11.0 Å². The maximum Gasteiger partial charge on any atom is 0.158 e. The van der Waals surface area contributed by atoms with E-state index in [1.165, 1.54) is 6.07 Å². The van der Waals surface area contributed by atoms with Crippen LogP contribution in [0.4, 0.5) is 10.1 Å². The molecule has 1 unspecified atom stereocenters. The van der Waals surface area contributed by atoms with Gasteiger partial charge in [0.2, 0.25) is 0 Å². The van der Waals surface area contributed by atoms with Gasteiger partial charge in [-0.25, -0.2) is 4.39 Å². The molecule has 0 spiro atoms. The predicted octanol–water partition coefficient (Wildman–Crippen LogP) is 2.77. The van der Waals surface area contributed by atoms with Crippen LogP contribution in [0.5, 0.6) is 0 Å². The van der Waals surface area contributed by atoms with Crippen molar-refractivity contribution in [2.24, 2.45) is 0 Å². The van der Waals surface area contributed by atoms with Crippen LogP contribution in [-0.4, -0.2) is 29.5 Å². The van der Waals surface area contributed by atoms with Gasteiger partial charge in [-0.3, -0.25) is 0 Å². The monoisotopic (exact) mass is 375 g/mol. The zero-order chi connectivity index (χ0) is 12.3. The first-order valence-corrected chi connectivity index (χ1v) is 6.29. The summed E-state index contributed by atoms with van der Waals surface area (Å²) in [6, 6.07) is 1.51. The summed E-state index contributed by atoms with van der Waals surface area (Å²) < 4.78 is 14.2. The standard InChI is InChI=1S/C9H9Br2ClFNO2/c10-5-1-6(11)9(7(12)8(5)13)14-2-4(16)3-15/h1,4,14-16H,2-3H2. The third kappa shape index (κ3) is 3.30. The minimum absolute atomic E-state index is 0.0774. The summed E-state index contributed by atoms with van der Waals surface area (Å²) in [5.41, 5.74) is 0.342. The molecule has 0 heterocycles. The minimum atomic E-state index is -0.922. The van der Waals surface area contributed by atoms with Crippen LogP contribution in [0, 0.1) is 5.82 Å². The van der Waals surface area contributed by atoms with Crippen molar-refractivity contribution in [3.63, 3.8) is 0 Å². The Kier molecular flexibility index (Phi) is 5.46. The Hall–Kier alpha value is 0.120. The van der Waals surface area contributed by atoms with Crippen molar-refractivity contribution in [3.05, 3.63) is 25.9 Å². The number of anilines is 1. The Morgan fingerprint density at radius 2 is 2.06 bits per heavy atom. The fraction of sp³-hybridized carbons (Fsp3) is 0.333. The van der Waals surface area contributed by atoms with Crippen LogP contribution in [0.3, 0.4) is 0 Å². The average Bonchev–Trinajstić information content (AvgIpc) is 2.25. The van der Waals surface area contributed by atoms with E-state index in [1.807, 2.05) is 0 Å². The number of halogens is 4. The molecule has 0 aliphatic heterocycles. The second-order valence-corrected chi connectivity index (χ2v) is 5.15. The van der Waals surface area contributed by atoms with Gasteiger partial charge in [-0.05, 0) is 37.9 Å². The summed E-state index contributed by atoms with van der Waals surface area (Å²) in [7, 11) is 0. The van der Waals surface area contributed by atoms with Gasteiger partial charge in [-0.1, -0.05) is 11.6 Å². The van der Waals surface area contributed by atoms with E-state index in [0.717, 1.165) is 0 Å². The molecule has 90 valence electrons. The van der Waals surface area contributed by atoms with Crippen LogP contribution < -0.4 is 5.32 Å². The predicted molar refractivity (Wildman–Crippen MR) is 68.4 cm³/mol. The largest absolute Gasteiger partial charge is 0.394 e. The normalized spacial score (nSPS) is 12.6. The van der Waals surface area contributed by atoms with Crippen LogP contribution in [0.25, 0.3) is 0 Å². The molecule has 3 N–H and O–H groups in total. The van der Waals surface area contributed by atoms with E-state index in [4.69, 9.17) is 21.8 Å². The fourth-order valence-electron chi connectivity index (χ4n) is 1.01. The van der Waals surface area contributed by atoms with Crippen LogP contribution in [-0.2, 0) is 0 Å². The maximum absolute atomic E-state index is 13.4. The maximum atomic E-state index is 13.4. The molecular formula is C9H9Br2ClFNO2. The third-order valence-electron chi connectivity index (χ3n) is 1.84. The number of hydrogen-bond donors (Lipinski definition) is 3. The summed E-state index contributed by atoms with van der Waals surface area (Å²) in [6.45, 7) is -0.295. The lowest BCUT2D eigenvalue weighted by Crippen LogP contribution is -2.23. The molecule has 0 saturated carbocycles. The first-order valence-electron chi connectivity index (χ1n) is 4.33. The molecule has 0 aliphatic carbocycles. The van der Waals surface area contributed by atoms with E-state index in [0.29, 0.717) is 10.2 Å². The van der Waals surface area contributed by atoms with Crippen molar-refractivity contribution >= 4 is 49.1 Å². The van der Waals surface area contributed by atoms with Crippen LogP contribution >= 0.6 is 43.5 Å². The molecule has 0 saturated heterocycles. The molecule has 3 nitrogen and oxygen atoms in total. The number of benzene rings is 1. The highest BCUT2D eigenvalue weighted by molar-refractivity contribution is 9.11. The summed E-state index contributed by atoms with van der Waals surface area (Å²) in [5.74, 6) is -0.578. The van der Waals surface area contributed by atoms with Gasteiger partial charge in [0.05, 0.1) is 22.9 Å². The average molecular weight is 377 g/mol. The number of aliphatic hydroxyl groups excluding tert-OH is 2. The Morgan fingerprint density at radius 1 is 1.44 bits per heavy atom. The van der Waals surface area contributed by atoms with Crippen molar-refractivity contribution in [2.75, 3.05) is 18.5 Å². The van der Waals surface area contributed by atoms with Crippen LogP contribution in [0.2, 0.25) is 5.02 Å². The zero-order valence-electron chi connectivity index (χ0n) is 7.98. The van der Waals surface area contributed by atoms with Crippen molar-refractivity contribution < 1.29 is 14.6 Å². The van der Waals surface area contributed by atoms with E-state index in [1.54, 1.807) is 0 Å². The fourth-order valence-corrected chi connectivity index (χ4v) is 2.81. The molecule has 16 heavy (non-hydrogen) atoms. The van der Waals surface area contributed by atoms with Crippen molar-refractivity contribution in [3.8, 4) is 0 Å². The lowest BCUT2D eigenvalue weighted by molar-refractivity contribution is 0.105. The van der Waals surface area contributed by atoms with Gasteiger partial charge in [0.15, 0.2) is 5.82 Å². The lowest BCUT2D eigenvalue weighted by atomic mass is 10.3. The topological polar surface area (TPSA) is 52.5 Å². The Morgan fingerprint density at radius 3 is 2.62 bits per heavy atom. The SMILES string of the molecule is OCC(O)CNc1c(Br)cc(Br)c(F)c1Cl. The van der Waals surface area contributed by atoms with Crippen LogP contribution in [0.15, 0.2) is 15.0 Å². The quantitative estimate of drug-likeness (QED) is 0.559. The molecule has 0 bridgehead atoms. The number of rotatable bonds is 4. The van der Waals surface area contributed by atoms with Crippen LogP contribution in [0.1, 0.15) is 0 Å². The number of hydrogen-bond acceptors (Lipinski definition) is 3. The highest BCUT2D eigenvalue weighted by Gasteiger charge is 2.15. The summed E-state index contributed by atoms with van der Waals surface area (Å²) >= 11 is 12.0. The Bertz CT molecular complexity index is 392. The van der Waals surface area contributed by atoms with Gasteiger partial charge in [0.1, 0.15) is 5.02 Å².